The first-order valence-corrected chi connectivity index (χ1v) is 7.45. The average molecular weight is 324 g/mol. The Bertz CT molecular complexity index is 721. The van der Waals surface area contributed by atoms with Gasteiger partial charge in [-0.15, -0.1) is 13.2 Å². The Kier molecular flexibility index (Phi) is 4.04. The molecule has 0 aliphatic heterocycles. The van der Waals surface area contributed by atoms with Crippen molar-refractivity contribution in [3.05, 3.63) is 64.5 Å². The van der Waals surface area contributed by atoms with E-state index >= 15 is 0 Å². The number of hydrogen-bond donors (Lipinski definition) is 0. The molecule has 122 valence electrons. The van der Waals surface area contributed by atoms with Gasteiger partial charge in [-0.2, -0.15) is 0 Å². The molecule has 2 aromatic rings. The molecule has 1 aliphatic rings. The summed E-state index contributed by atoms with van der Waals surface area (Å²) < 4.78 is 54.9. The molecular formula is C18H16F4O. The van der Waals surface area contributed by atoms with Crippen LogP contribution in [0.3, 0.4) is 0 Å². The van der Waals surface area contributed by atoms with Crippen LogP contribution in [0, 0.1) is 12.7 Å². The normalized spacial score (nSPS) is 17.7. The van der Waals surface area contributed by atoms with Gasteiger partial charge in [-0.3, -0.25) is 0 Å². The highest BCUT2D eigenvalue weighted by atomic mass is 19.4. The van der Waals surface area contributed by atoms with Crippen LogP contribution in [0.1, 0.15) is 34.6 Å². The maximum atomic E-state index is 14.1. The Morgan fingerprint density at radius 1 is 1.04 bits per heavy atom. The second-order valence-electron chi connectivity index (χ2n) is 5.94. The van der Waals surface area contributed by atoms with Crippen molar-refractivity contribution in [3.63, 3.8) is 0 Å². The summed E-state index contributed by atoms with van der Waals surface area (Å²) in [5, 5.41) is 0. The molecule has 0 saturated heterocycles. The van der Waals surface area contributed by atoms with Crippen molar-refractivity contribution >= 4 is 0 Å². The lowest BCUT2D eigenvalue weighted by Gasteiger charge is -2.26. The molecule has 5 heteroatoms. The van der Waals surface area contributed by atoms with Crippen LogP contribution in [0.25, 0.3) is 0 Å². The Hall–Kier alpha value is -2.04. The van der Waals surface area contributed by atoms with Crippen molar-refractivity contribution in [2.24, 2.45) is 0 Å². The zero-order chi connectivity index (χ0) is 16.6. The van der Waals surface area contributed by atoms with E-state index in [0.29, 0.717) is 24.8 Å². The number of alkyl halides is 3. The first-order valence-electron chi connectivity index (χ1n) is 7.45. The molecule has 1 atom stereocenters. The average Bonchev–Trinajstić information content (AvgIpc) is 2.45. The fourth-order valence-electron chi connectivity index (χ4n) is 3.16. The largest absolute Gasteiger partial charge is 0.573 e. The van der Waals surface area contributed by atoms with Crippen LogP contribution in [-0.4, -0.2) is 6.36 Å². The van der Waals surface area contributed by atoms with Crippen LogP contribution in [0.2, 0.25) is 0 Å². The quantitative estimate of drug-likeness (QED) is 0.681. The van der Waals surface area contributed by atoms with Crippen LogP contribution in [0.4, 0.5) is 17.6 Å². The third kappa shape index (κ3) is 3.66. The van der Waals surface area contributed by atoms with Gasteiger partial charge in [0.15, 0.2) is 0 Å². The van der Waals surface area contributed by atoms with Gasteiger partial charge in [0.05, 0.1) is 0 Å². The predicted molar refractivity (Wildman–Crippen MR) is 79.0 cm³/mol. The summed E-state index contributed by atoms with van der Waals surface area (Å²) in [5.41, 5.74) is 3.35. The third-order valence-corrected chi connectivity index (χ3v) is 4.24. The fourth-order valence-corrected chi connectivity index (χ4v) is 3.16. The minimum Gasteiger partial charge on any atom is -0.406 e. The first-order chi connectivity index (χ1) is 10.8. The fraction of sp³-hybridized carbons (Fsp3) is 0.333. The second kappa shape index (κ2) is 5.87. The molecule has 0 fully saturated rings. The summed E-state index contributed by atoms with van der Waals surface area (Å²) in [5.74, 6) is -0.357. The molecule has 1 aliphatic carbocycles. The highest BCUT2D eigenvalue weighted by Gasteiger charge is 2.31. The third-order valence-electron chi connectivity index (χ3n) is 4.24. The lowest BCUT2D eigenvalue weighted by molar-refractivity contribution is -0.274. The van der Waals surface area contributed by atoms with E-state index < -0.39 is 6.36 Å². The monoisotopic (exact) mass is 324 g/mol. The summed E-state index contributed by atoms with van der Waals surface area (Å²) in [7, 11) is 0. The van der Waals surface area contributed by atoms with E-state index in [4.69, 9.17) is 0 Å². The van der Waals surface area contributed by atoms with E-state index in [0.717, 1.165) is 16.7 Å². The molecule has 0 saturated carbocycles. The van der Waals surface area contributed by atoms with Crippen LogP contribution in [-0.2, 0) is 12.8 Å². The number of aryl methyl sites for hydroxylation is 2. The summed E-state index contributed by atoms with van der Waals surface area (Å²) in [6, 6.07) is 9.61. The van der Waals surface area contributed by atoms with E-state index in [2.05, 4.69) is 4.74 Å². The van der Waals surface area contributed by atoms with Gasteiger partial charge in [-0.25, -0.2) is 4.39 Å². The Labute approximate surface area is 131 Å². The maximum absolute atomic E-state index is 14.1. The molecular weight excluding hydrogens is 308 g/mol. The molecule has 0 N–H and O–H groups in total. The van der Waals surface area contributed by atoms with Gasteiger partial charge in [-0.05, 0) is 72.6 Å². The lowest BCUT2D eigenvalue weighted by Crippen LogP contribution is -2.18. The maximum Gasteiger partial charge on any atom is 0.573 e. The van der Waals surface area contributed by atoms with Gasteiger partial charge in [0, 0.05) is 0 Å². The molecule has 1 nitrogen and oxygen atoms in total. The van der Waals surface area contributed by atoms with Crippen molar-refractivity contribution in [2.75, 3.05) is 0 Å². The number of hydrogen-bond acceptors (Lipinski definition) is 1. The highest BCUT2D eigenvalue weighted by molar-refractivity contribution is 5.40. The van der Waals surface area contributed by atoms with E-state index in [1.54, 1.807) is 6.07 Å². The van der Waals surface area contributed by atoms with Crippen molar-refractivity contribution in [2.45, 2.75) is 38.5 Å². The van der Waals surface area contributed by atoms with Crippen LogP contribution in [0.15, 0.2) is 36.4 Å². The molecule has 0 radical (unpaired) electrons. The summed E-state index contributed by atoms with van der Waals surface area (Å²) in [6.45, 7) is 1.84. The van der Waals surface area contributed by atoms with E-state index in [1.165, 1.54) is 18.2 Å². The Balaban J connectivity index is 1.81. The van der Waals surface area contributed by atoms with Gasteiger partial charge in [0.2, 0.25) is 0 Å². The smallest absolute Gasteiger partial charge is 0.406 e. The molecule has 0 heterocycles. The van der Waals surface area contributed by atoms with Crippen molar-refractivity contribution in [3.8, 4) is 5.75 Å². The molecule has 0 bridgehead atoms. The Morgan fingerprint density at radius 3 is 2.52 bits per heavy atom. The second-order valence-corrected chi connectivity index (χ2v) is 5.94. The number of fused-ring (bicyclic) bond motifs is 1. The standard InChI is InChI=1S/C18H16F4O/c1-11-2-7-16(17(19)8-11)14-4-3-13-10-15(23-18(20,21)22)6-5-12(13)9-14/h2,5-8,10,14H,3-4,9H2,1H3. The van der Waals surface area contributed by atoms with Gasteiger partial charge < -0.3 is 4.74 Å². The van der Waals surface area contributed by atoms with Crippen LogP contribution < -0.4 is 4.74 Å². The van der Waals surface area contributed by atoms with Gasteiger partial charge in [-0.1, -0.05) is 18.2 Å². The van der Waals surface area contributed by atoms with Gasteiger partial charge >= 0.3 is 6.36 Å². The summed E-state index contributed by atoms with van der Waals surface area (Å²) in [6.07, 6.45) is -2.73. The number of halogens is 4. The van der Waals surface area contributed by atoms with Crippen molar-refractivity contribution in [1.29, 1.82) is 0 Å². The van der Waals surface area contributed by atoms with E-state index in [9.17, 15) is 17.6 Å². The van der Waals surface area contributed by atoms with Gasteiger partial charge in [0.25, 0.3) is 0 Å². The van der Waals surface area contributed by atoms with Crippen molar-refractivity contribution in [1.82, 2.24) is 0 Å². The number of rotatable bonds is 2. The summed E-state index contributed by atoms with van der Waals surface area (Å²) >= 11 is 0. The molecule has 23 heavy (non-hydrogen) atoms. The highest BCUT2D eigenvalue weighted by Crippen LogP contribution is 2.36. The summed E-state index contributed by atoms with van der Waals surface area (Å²) in [4.78, 5) is 0. The lowest BCUT2D eigenvalue weighted by atomic mass is 9.80. The van der Waals surface area contributed by atoms with E-state index in [-0.39, 0.29) is 17.5 Å². The van der Waals surface area contributed by atoms with Crippen LogP contribution >= 0.6 is 0 Å². The zero-order valence-corrected chi connectivity index (χ0v) is 12.6. The number of ether oxygens (including phenoxy) is 1. The van der Waals surface area contributed by atoms with Crippen LogP contribution in [0.5, 0.6) is 5.75 Å². The zero-order valence-electron chi connectivity index (χ0n) is 12.6. The Morgan fingerprint density at radius 2 is 1.83 bits per heavy atom. The molecule has 2 aromatic carbocycles. The predicted octanol–water partition coefficient (Wildman–Crippen LogP) is 5.31. The number of benzene rings is 2. The molecule has 1 unspecified atom stereocenters. The van der Waals surface area contributed by atoms with E-state index in [1.807, 2.05) is 19.1 Å². The molecule has 0 aromatic heterocycles. The minimum absolute atomic E-state index is 0.0532. The van der Waals surface area contributed by atoms with Crippen molar-refractivity contribution < 1.29 is 22.3 Å². The topological polar surface area (TPSA) is 9.23 Å². The first kappa shape index (κ1) is 15.8. The van der Waals surface area contributed by atoms with Gasteiger partial charge in [0.1, 0.15) is 11.6 Å². The molecule has 0 amide bonds. The SMILES string of the molecule is Cc1ccc(C2CCc3cc(OC(F)(F)F)ccc3C2)c(F)c1. The molecule has 3 rings (SSSR count). The minimum atomic E-state index is -4.68. The molecule has 0 spiro atoms.